The Kier molecular flexibility index (Phi) is 12.3. The van der Waals surface area contributed by atoms with Crippen LogP contribution in [0, 0.1) is 0 Å². The monoisotopic (exact) mass is 382 g/mol. The fourth-order valence-electron chi connectivity index (χ4n) is 2.53. The second kappa shape index (κ2) is 12.3. The zero-order valence-corrected chi connectivity index (χ0v) is 15.7. The summed E-state index contributed by atoms with van der Waals surface area (Å²) in [5.41, 5.74) is 1.07. The molecule has 0 saturated carbocycles. The molecule has 1 atom stereocenters. The summed E-state index contributed by atoms with van der Waals surface area (Å²) >= 11 is 5.84. The highest BCUT2D eigenvalue weighted by Gasteiger charge is 2.18. The van der Waals surface area contributed by atoms with E-state index in [2.05, 4.69) is 16.7 Å². The minimum Gasteiger partial charge on any atom is -1.00 e. The van der Waals surface area contributed by atoms with E-state index < -0.39 is 6.10 Å². The van der Waals surface area contributed by atoms with Crippen molar-refractivity contribution in [1.29, 1.82) is 0 Å². The number of hydrogen-bond donors (Lipinski definition) is 1. The number of hydrogen-bond acceptors (Lipinski definition) is 4. The molecule has 0 aliphatic carbocycles. The molecular weight excluding hydrogens is 359 g/mol. The van der Waals surface area contributed by atoms with E-state index in [9.17, 15) is 5.11 Å². The third-order valence-corrected chi connectivity index (χ3v) is 4.13. The van der Waals surface area contributed by atoms with Crippen LogP contribution in [0.1, 0.15) is 12.5 Å². The summed E-state index contributed by atoms with van der Waals surface area (Å²) < 4.78 is 5.58. The van der Waals surface area contributed by atoms with Crippen LogP contribution in [0.3, 0.4) is 0 Å². The fourth-order valence-corrected chi connectivity index (χ4v) is 2.66. The quantitative estimate of drug-likeness (QED) is 0.519. The first-order valence-corrected chi connectivity index (χ1v) is 8.00. The van der Waals surface area contributed by atoms with Crippen LogP contribution < -0.4 is 24.8 Å². The van der Waals surface area contributed by atoms with Gasteiger partial charge in [0.05, 0.1) is 19.3 Å². The summed E-state index contributed by atoms with van der Waals surface area (Å²) in [6.45, 7) is 9.12. The molecule has 0 bridgehead atoms. The minimum absolute atomic E-state index is 0. The van der Waals surface area contributed by atoms with Crippen LogP contribution in [0.25, 0.3) is 0 Å². The van der Waals surface area contributed by atoms with Gasteiger partial charge in [0.25, 0.3) is 0 Å². The number of nitrogens with zero attached hydrogens (tertiary/aromatic N) is 2. The Labute approximate surface area is 156 Å². The Morgan fingerprint density at radius 3 is 2.22 bits per heavy atom. The maximum atomic E-state index is 10.0. The van der Waals surface area contributed by atoms with E-state index in [1.807, 2.05) is 24.3 Å². The van der Waals surface area contributed by atoms with Crippen LogP contribution in [-0.4, -0.2) is 66.9 Å². The Morgan fingerprint density at radius 2 is 1.65 bits per heavy atom. The Bertz CT molecular complexity index is 412. The van der Waals surface area contributed by atoms with Gasteiger partial charge in [0, 0.05) is 37.7 Å². The molecule has 1 saturated heterocycles. The summed E-state index contributed by atoms with van der Waals surface area (Å²) in [5, 5.41) is 10.8. The fraction of sp³-hybridized carbons (Fsp3) is 0.625. The Hall–Kier alpha value is -0.0700. The van der Waals surface area contributed by atoms with Crippen molar-refractivity contribution in [2.45, 2.75) is 19.6 Å². The molecule has 7 heteroatoms. The maximum absolute atomic E-state index is 10.0. The number of aliphatic hydroxyl groups excluding tert-OH is 1. The number of benzene rings is 1. The van der Waals surface area contributed by atoms with Crippen molar-refractivity contribution in [2.24, 2.45) is 0 Å². The third-order valence-electron chi connectivity index (χ3n) is 3.87. The smallest absolute Gasteiger partial charge is 0.0900 e. The molecule has 134 valence electrons. The minimum atomic E-state index is -0.425. The molecule has 1 heterocycles. The topological polar surface area (TPSA) is 35.9 Å². The number of ether oxygens (including phenoxy) is 1. The number of β-amino-alcohol motifs (C(OH)–C–C–N with tert-alkyl or cyclic N) is 1. The third kappa shape index (κ3) is 8.54. The predicted octanol–water partition coefficient (Wildman–Crippen LogP) is -4.14. The zero-order chi connectivity index (χ0) is 15.1. The van der Waals surface area contributed by atoms with E-state index in [0.717, 1.165) is 43.3 Å². The van der Waals surface area contributed by atoms with Gasteiger partial charge in [-0.3, -0.25) is 4.90 Å². The predicted molar refractivity (Wildman–Crippen MR) is 85.7 cm³/mol. The van der Waals surface area contributed by atoms with Gasteiger partial charge in [-0.25, -0.2) is 0 Å². The van der Waals surface area contributed by atoms with Gasteiger partial charge in [0.1, 0.15) is 0 Å². The lowest BCUT2D eigenvalue weighted by molar-refractivity contribution is -0.001000. The van der Waals surface area contributed by atoms with E-state index in [4.69, 9.17) is 16.3 Å². The van der Waals surface area contributed by atoms with Crippen LogP contribution >= 0.6 is 11.6 Å². The van der Waals surface area contributed by atoms with Gasteiger partial charge in [0.2, 0.25) is 0 Å². The van der Waals surface area contributed by atoms with Crippen LogP contribution in [-0.2, 0) is 11.3 Å². The summed E-state index contributed by atoms with van der Waals surface area (Å²) in [5.74, 6) is 0. The van der Waals surface area contributed by atoms with Crippen LogP contribution in [0.15, 0.2) is 24.3 Å². The van der Waals surface area contributed by atoms with Gasteiger partial charge in [-0.05, 0) is 24.2 Å². The average molecular weight is 384 g/mol. The van der Waals surface area contributed by atoms with Gasteiger partial charge >= 0.3 is 0 Å². The van der Waals surface area contributed by atoms with Crippen molar-refractivity contribution in [3.63, 3.8) is 0 Å². The van der Waals surface area contributed by atoms with Crippen LogP contribution in [0.2, 0.25) is 5.02 Å². The molecule has 0 amide bonds. The number of rotatable bonds is 7. The van der Waals surface area contributed by atoms with Crippen LogP contribution in [0.5, 0.6) is 0 Å². The van der Waals surface area contributed by atoms with Crippen molar-refractivity contribution in [1.82, 2.24) is 9.80 Å². The van der Waals surface area contributed by atoms with Crippen molar-refractivity contribution >= 4 is 11.6 Å². The largest absolute Gasteiger partial charge is 1.00 e. The SMILES string of the molecule is CCN1CCN(CC(O)COCc2ccc(Cl)cc2)CC1.[Cl-].[Cl-]. The zero-order valence-electron chi connectivity index (χ0n) is 13.4. The maximum Gasteiger partial charge on any atom is 0.0900 e. The standard InChI is InChI=1S/C16H25ClN2O2.2ClH/c1-2-18-7-9-19(10-8-18)11-16(20)13-21-12-14-3-5-15(17)6-4-14;;/h3-6,16,20H,2,7-13H2,1H3;2*1H/p-2. The number of halogens is 3. The highest BCUT2D eigenvalue weighted by molar-refractivity contribution is 6.30. The molecular formula is C16H25Cl3N2O2-2. The average Bonchev–Trinajstić information content (AvgIpc) is 2.50. The highest BCUT2D eigenvalue weighted by atomic mass is 35.5. The lowest BCUT2D eigenvalue weighted by Crippen LogP contribution is -3.00. The van der Waals surface area contributed by atoms with Crippen molar-refractivity contribution in [3.8, 4) is 0 Å². The second-order valence-corrected chi connectivity index (χ2v) is 5.97. The number of piperazine rings is 1. The molecule has 0 aromatic heterocycles. The molecule has 1 aromatic rings. The van der Waals surface area contributed by atoms with Crippen LogP contribution in [0.4, 0.5) is 0 Å². The van der Waals surface area contributed by atoms with Gasteiger partial charge < -0.3 is 39.6 Å². The van der Waals surface area contributed by atoms with E-state index in [1.165, 1.54) is 0 Å². The Morgan fingerprint density at radius 1 is 1.09 bits per heavy atom. The molecule has 1 aliphatic heterocycles. The molecule has 0 spiro atoms. The number of likely N-dealkylation sites (N-methyl/N-ethyl adjacent to an activating group) is 1. The first-order chi connectivity index (χ1) is 10.2. The van der Waals surface area contributed by atoms with Gasteiger partial charge in [-0.1, -0.05) is 30.7 Å². The van der Waals surface area contributed by atoms with Gasteiger partial charge in [-0.2, -0.15) is 0 Å². The van der Waals surface area contributed by atoms with Gasteiger partial charge in [-0.15, -0.1) is 0 Å². The first-order valence-electron chi connectivity index (χ1n) is 7.62. The van der Waals surface area contributed by atoms with Gasteiger partial charge in [0.15, 0.2) is 0 Å². The lowest BCUT2D eigenvalue weighted by atomic mass is 10.2. The molecule has 1 fully saturated rings. The highest BCUT2D eigenvalue weighted by Crippen LogP contribution is 2.10. The first kappa shape index (κ1) is 22.9. The summed E-state index contributed by atoms with van der Waals surface area (Å²) in [6, 6.07) is 7.59. The van der Waals surface area contributed by atoms with E-state index in [-0.39, 0.29) is 24.8 Å². The van der Waals surface area contributed by atoms with E-state index in [1.54, 1.807) is 0 Å². The Balaban J connectivity index is 0.00000242. The molecule has 1 unspecified atom stereocenters. The normalized spacial score (nSPS) is 17.2. The molecule has 1 aliphatic rings. The number of aliphatic hydroxyl groups is 1. The molecule has 4 nitrogen and oxygen atoms in total. The van der Waals surface area contributed by atoms with Crippen molar-refractivity contribution in [3.05, 3.63) is 34.9 Å². The van der Waals surface area contributed by atoms with E-state index >= 15 is 0 Å². The van der Waals surface area contributed by atoms with Crippen molar-refractivity contribution in [2.75, 3.05) is 45.9 Å². The summed E-state index contributed by atoms with van der Waals surface area (Å²) in [4.78, 5) is 4.74. The molecule has 1 aromatic carbocycles. The van der Waals surface area contributed by atoms with E-state index in [0.29, 0.717) is 19.8 Å². The summed E-state index contributed by atoms with van der Waals surface area (Å²) in [7, 11) is 0. The molecule has 0 radical (unpaired) electrons. The summed E-state index contributed by atoms with van der Waals surface area (Å²) in [6.07, 6.45) is -0.425. The molecule has 2 rings (SSSR count). The lowest BCUT2D eigenvalue weighted by Gasteiger charge is -2.34. The second-order valence-electron chi connectivity index (χ2n) is 5.53. The van der Waals surface area contributed by atoms with Crippen molar-refractivity contribution < 1.29 is 34.7 Å². The molecule has 1 N–H and O–H groups in total. The molecule has 23 heavy (non-hydrogen) atoms.